The monoisotopic (exact) mass is 482 g/mol. The number of hydrogen-bond donors (Lipinski definition) is 1. The number of ether oxygens (including phenoxy) is 1. The second-order valence-corrected chi connectivity index (χ2v) is 8.93. The maximum atomic E-state index is 13.7. The van der Waals surface area contributed by atoms with E-state index in [0.717, 1.165) is 35.4 Å². The molecule has 0 spiro atoms. The highest BCUT2D eigenvalue weighted by Gasteiger charge is 2.36. The van der Waals surface area contributed by atoms with Crippen LogP contribution in [-0.4, -0.2) is 77.6 Å². The Hall–Kier alpha value is -3.24. The Morgan fingerprint density at radius 1 is 1.06 bits per heavy atom. The van der Waals surface area contributed by atoms with Crippen LogP contribution >= 0.6 is 0 Å². The molecule has 0 aliphatic carbocycles. The van der Waals surface area contributed by atoms with Crippen LogP contribution in [0.4, 0.5) is 14.6 Å². The third-order valence-electron chi connectivity index (χ3n) is 6.69. The zero-order valence-electron chi connectivity index (χ0n) is 19.4. The molecule has 1 amide bonds. The van der Waals surface area contributed by atoms with Crippen LogP contribution in [0, 0.1) is 0 Å². The minimum Gasteiger partial charge on any atom is -0.378 e. The first-order valence-electron chi connectivity index (χ1n) is 11.9. The molecule has 2 fully saturated rings. The lowest BCUT2D eigenvalue weighted by Gasteiger charge is -2.37. The maximum Gasteiger partial charge on any atom is 0.252 e. The molecule has 35 heavy (non-hydrogen) atoms. The van der Waals surface area contributed by atoms with Gasteiger partial charge in [-0.15, -0.1) is 0 Å². The quantitative estimate of drug-likeness (QED) is 0.578. The minimum absolute atomic E-state index is 0.203. The molecule has 2 saturated heterocycles. The molecule has 184 valence electrons. The van der Waals surface area contributed by atoms with Gasteiger partial charge in [0.15, 0.2) is 0 Å². The van der Waals surface area contributed by atoms with Gasteiger partial charge in [-0.25, -0.2) is 23.7 Å². The van der Waals surface area contributed by atoms with Crippen molar-refractivity contribution in [2.75, 3.05) is 50.8 Å². The lowest BCUT2D eigenvalue weighted by atomic mass is 10.0. The van der Waals surface area contributed by atoms with Gasteiger partial charge in [0.1, 0.15) is 12.1 Å². The molecule has 3 aromatic rings. The van der Waals surface area contributed by atoms with Crippen molar-refractivity contribution in [1.82, 2.24) is 25.2 Å². The number of carbonyl (C=O) groups excluding carboxylic acids is 1. The van der Waals surface area contributed by atoms with Gasteiger partial charge < -0.3 is 15.0 Å². The first-order chi connectivity index (χ1) is 17.0. The van der Waals surface area contributed by atoms with Gasteiger partial charge in [-0.2, -0.15) is 0 Å². The van der Waals surface area contributed by atoms with Crippen LogP contribution in [0.15, 0.2) is 49.1 Å². The Morgan fingerprint density at radius 2 is 1.80 bits per heavy atom. The van der Waals surface area contributed by atoms with Gasteiger partial charge in [0.05, 0.1) is 24.8 Å². The molecular weight excluding hydrogens is 454 g/mol. The van der Waals surface area contributed by atoms with Crippen LogP contribution < -0.4 is 10.2 Å². The Morgan fingerprint density at radius 3 is 2.54 bits per heavy atom. The number of amides is 1. The molecule has 0 radical (unpaired) electrons. The summed E-state index contributed by atoms with van der Waals surface area (Å²) in [5, 5.41) is 3.77. The van der Waals surface area contributed by atoms with Gasteiger partial charge in [-0.3, -0.25) is 9.69 Å². The van der Waals surface area contributed by atoms with Gasteiger partial charge in [0.25, 0.3) is 11.8 Å². The molecule has 1 atom stereocenters. The topological polar surface area (TPSA) is 83.5 Å². The molecule has 8 nitrogen and oxygen atoms in total. The first-order valence-corrected chi connectivity index (χ1v) is 11.9. The number of anilines is 1. The van der Waals surface area contributed by atoms with Crippen molar-refractivity contribution in [1.29, 1.82) is 0 Å². The average Bonchev–Trinajstić information content (AvgIpc) is 2.90. The van der Waals surface area contributed by atoms with Gasteiger partial charge in [-0.05, 0) is 24.3 Å². The van der Waals surface area contributed by atoms with Crippen molar-refractivity contribution >= 4 is 22.6 Å². The number of nitrogens with zero attached hydrogens (tertiary/aromatic N) is 5. The van der Waals surface area contributed by atoms with Crippen LogP contribution in [0.5, 0.6) is 0 Å². The fourth-order valence-electron chi connectivity index (χ4n) is 4.70. The van der Waals surface area contributed by atoms with Crippen LogP contribution in [0.1, 0.15) is 34.8 Å². The lowest BCUT2D eigenvalue weighted by Crippen LogP contribution is -2.45. The molecule has 4 heterocycles. The summed E-state index contributed by atoms with van der Waals surface area (Å²) >= 11 is 0. The highest BCUT2D eigenvalue weighted by Crippen LogP contribution is 2.32. The average molecular weight is 483 g/mol. The summed E-state index contributed by atoms with van der Waals surface area (Å²) in [6.07, 6.45) is 4.37. The number of rotatable bonds is 6. The predicted molar refractivity (Wildman–Crippen MR) is 128 cm³/mol. The summed E-state index contributed by atoms with van der Waals surface area (Å²) in [6, 6.07) is 9.06. The number of carbonyl (C=O) groups is 1. The zero-order valence-corrected chi connectivity index (χ0v) is 19.4. The second-order valence-electron chi connectivity index (χ2n) is 8.93. The predicted octanol–water partition coefficient (Wildman–Crippen LogP) is 3.06. The molecule has 1 N–H and O–H groups in total. The molecule has 2 aromatic heterocycles. The molecule has 5 rings (SSSR count). The van der Waals surface area contributed by atoms with Crippen molar-refractivity contribution in [3.05, 3.63) is 60.2 Å². The first kappa shape index (κ1) is 23.5. The number of likely N-dealkylation sites (tertiary alicyclic amines) is 1. The van der Waals surface area contributed by atoms with Crippen LogP contribution in [0.2, 0.25) is 0 Å². The Bertz CT molecular complexity index is 1160. The number of nitrogens with one attached hydrogen (secondary N) is 1. The van der Waals surface area contributed by atoms with E-state index in [1.807, 2.05) is 29.2 Å². The second kappa shape index (κ2) is 10.2. The van der Waals surface area contributed by atoms with Crippen molar-refractivity contribution in [2.45, 2.75) is 24.8 Å². The highest BCUT2D eigenvalue weighted by atomic mass is 19.3. The van der Waals surface area contributed by atoms with Gasteiger partial charge in [0.2, 0.25) is 0 Å². The molecule has 0 bridgehead atoms. The summed E-state index contributed by atoms with van der Waals surface area (Å²) in [6.45, 7) is 3.65. The smallest absolute Gasteiger partial charge is 0.252 e. The number of piperidine rings is 1. The lowest BCUT2D eigenvalue weighted by molar-refractivity contribution is -0.0632. The standard InChI is InChI=1S/C25H28F2N6O2/c26-25(27)6-8-32(9-7-25)22(18-14-28-17-29-15-18)16-30-24(34)20-2-1-3-21-19(20)4-5-23(31-21)33-10-12-35-13-11-33/h1-5,14-15,17,22H,6-13,16H2,(H,30,34). The third kappa shape index (κ3) is 5.38. The van der Waals surface area contributed by atoms with E-state index in [4.69, 9.17) is 9.72 Å². The van der Waals surface area contributed by atoms with Crippen LogP contribution in [0.25, 0.3) is 10.9 Å². The largest absolute Gasteiger partial charge is 0.378 e. The molecule has 2 aliphatic rings. The van der Waals surface area contributed by atoms with E-state index in [1.165, 1.54) is 6.33 Å². The fourth-order valence-corrected chi connectivity index (χ4v) is 4.70. The van der Waals surface area contributed by atoms with E-state index in [1.54, 1.807) is 18.5 Å². The Balaban J connectivity index is 1.33. The van der Waals surface area contributed by atoms with Crippen LogP contribution in [0.3, 0.4) is 0 Å². The summed E-state index contributed by atoms with van der Waals surface area (Å²) in [5.41, 5.74) is 2.05. The molecule has 0 saturated carbocycles. The normalized spacial score (nSPS) is 19.4. The number of pyridine rings is 1. The number of fused-ring (bicyclic) bond motifs is 1. The van der Waals surface area contributed by atoms with E-state index in [0.29, 0.717) is 18.8 Å². The number of benzene rings is 1. The molecule has 2 aliphatic heterocycles. The summed E-state index contributed by atoms with van der Waals surface area (Å²) < 4.78 is 32.9. The van der Waals surface area contributed by atoms with E-state index < -0.39 is 5.92 Å². The summed E-state index contributed by atoms with van der Waals surface area (Å²) in [7, 11) is 0. The van der Waals surface area contributed by atoms with Crippen molar-refractivity contribution < 1.29 is 18.3 Å². The highest BCUT2D eigenvalue weighted by molar-refractivity contribution is 6.06. The molecular formula is C25H28F2N6O2. The molecule has 1 aromatic carbocycles. The van der Waals surface area contributed by atoms with Crippen molar-refractivity contribution in [3.63, 3.8) is 0 Å². The van der Waals surface area contributed by atoms with E-state index in [2.05, 4.69) is 20.2 Å². The third-order valence-corrected chi connectivity index (χ3v) is 6.69. The number of alkyl halides is 2. The van der Waals surface area contributed by atoms with Crippen molar-refractivity contribution in [2.24, 2.45) is 0 Å². The summed E-state index contributed by atoms with van der Waals surface area (Å²) in [5.74, 6) is -2.02. The molecule has 1 unspecified atom stereocenters. The van der Waals surface area contributed by atoms with E-state index in [9.17, 15) is 13.6 Å². The molecule has 10 heteroatoms. The maximum absolute atomic E-state index is 13.7. The summed E-state index contributed by atoms with van der Waals surface area (Å²) in [4.78, 5) is 30.3. The zero-order chi connectivity index (χ0) is 24.3. The minimum atomic E-state index is -2.65. The SMILES string of the molecule is O=C(NCC(c1cncnc1)N1CCC(F)(F)CC1)c1cccc2nc(N3CCOCC3)ccc12. The fraction of sp³-hybridized carbons (Fsp3) is 0.440. The van der Waals surface area contributed by atoms with Gasteiger partial charge >= 0.3 is 0 Å². The van der Waals surface area contributed by atoms with E-state index >= 15 is 0 Å². The number of morpholine rings is 1. The Labute approximate surface area is 202 Å². The Kier molecular flexibility index (Phi) is 6.83. The van der Waals surface area contributed by atoms with Crippen molar-refractivity contribution in [3.8, 4) is 0 Å². The van der Waals surface area contributed by atoms with Gasteiger partial charge in [-0.1, -0.05) is 6.07 Å². The number of aromatic nitrogens is 3. The van der Waals surface area contributed by atoms with Gasteiger partial charge in [0, 0.05) is 74.5 Å². The number of halogens is 2. The van der Waals surface area contributed by atoms with Crippen LogP contribution in [-0.2, 0) is 4.74 Å². The number of hydrogen-bond acceptors (Lipinski definition) is 7. The van der Waals surface area contributed by atoms with E-state index in [-0.39, 0.29) is 44.4 Å².